The molecule has 0 fully saturated rings. The van der Waals surface area contributed by atoms with Crippen molar-refractivity contribution in [2.75, 3.05) is 5.32 Å². The molecule has 4 aromatic rings. The van der Waals surface area contributed by atoms with Gasteiger partial charge in [-0.2, -0.15) is 5.10 Å². The fourth-order valence-electron chi connectivity index (χ4n) is 3.21. The lowest BCUT2D eigenvalue weighted by Crippen LogP contribution is -2.26. The molecule has 4 rings (SSSR count). The minimum Gasteiger partial charge on any atom is -0.487 e. The van der Waals surface area contributed by atoms with Crippen molar-refractivity contribution in [3.8, 4) is 5.75 Å². The highest BCUT2D eigenvalue weighted by molar-refractivity contribution is 6.35. The molecule has 0 bridgehead atoms. The van der Waals surface area contributed by atoms with Crippen LogP contribution in [0.2, 0.25) is 10.0 Å². The zero-order valence-electron chi connectivity index (χ0n) is 18.0. The summed E-state index contributed by atoms with van der Waals surface area (Å²) in [6.07, 6.45) is 2.95. The van der Waals surface area contributed by atoms with Crippen molar-refractivity contribution in [2.24, 2.45) is 7.05 Å². The second-order valence-corrected chi connectivity index (χ2v) is 8.15. The van der Waals surface area contributed by atoms with Crippen LogP contribution in [0.25, 0.3) is 0 Å². The number of nitrogens with one attached hydrogen (secondary N) is 2. The third-order valence-electron chi connectivity index (χ3n) is 4.88. The number of carbonyl (C=O) groups is 2. The molecule has 0 aliphatic rings. The van der Waals surface area contributed by atoms with Crippen LogP contribution in [0.1, 0.15) is 32.2 Å². The number of anilines is 1. The lowest BCUT2D eigenvalue weighted by atomic mass is 10.1. The molecular formula is C24H20Cl2N4O4. The van der Waals surface area contributed by atoms with Gasteiger partial charge < -0.3 is 19.8 Å². The average Bonchev–Trinajstić information content (AvgIpc) is 3.47. The van der Waals surface area contributed by atoms with E-state index in [0.717, 1.165) is 5.56 Å². The number of amides is 2. The molecule has 2 aromatic heterocycles. The number of hydrogen-bond acceptors (Lipinski definition) is 5. The van der Waals surface area contributed by atoms with Gasteiger partial charge in [0, 0.05) is 17.6 Å². The van der Waals surface area contributed by atoms with E-state index in [2.05, 4.69) is 15.7 Å². The van der Waals surface area contributed by atoms with Gasteiger partial charge in [-0.15, -0.1) is 0 Å². The number of ether oxygens (including phenoxy) is 1. The quantitative estimate of drug-likeness (QED) is 0.352. The minimum atomic E-state index is -0.395. The molecule has 34 heavy (non-hydrogen) atoms. The second-order valence-electron chi connectivity index (χ2n) is 7.31. The summed E-state index contributed by atoms with van der Waals surface area (Å²) >= 11 is 12.1. The van der Waals surface area contributed by atoms with E-state index in [0.29, 0.717) is 32.8 Å². The van der Waals surface area contributed by atoms with E-state index in [1.54, 1.807) is 55.6 Å². The van der Waals surface area contributed by atoms with Crippen LogP contribution in [0, 0.1) is 0 Å². The summed E-state index contributed by atoms with van der Waals surface area (Å²) in [4.78, 5) is 25.6. The Balaban J connectivity index is 1.42. The smallest absolute Gasteiger partial charge is 0.272 e. The number of benzene rings is 2. The van der Waals surface area contributed by atoms with Crippen molar-refractivity contribution in [2.45, 2.75) is 13.2 Å². The van der Waals surface area contributed by atoms with Crippen LogP contribution in [0.15, 0.2) is 71.5 Å². The molecule has 0 aliphatic carbocycles. The van der Waals surface area contributed by atoms with E-state index >= 15 is 0 Å². The first kappa shape index (κ1) is 23.4. The monoisotopic (exact) mass is 498 g/mol. The van der Waals surface area contributed by atoms with E-state index in [1.165, 1.54) is 17.1 Å². The molecule has 0 saturated heterocycles. The molecule has 2 N–H and O–H groups in total. The third-order valence-corrected chi connectivity index (χ3v) is 5.41. The van der Waals surface area contributed by atoms with Crippen LogP contribution in [0.5, 0.6) is 5.75 Å². The van der Waals surface area contributed by atoms with Crippen LogP contribution >= 0.6 is 23.2 Å². The van der Waals surface area contributed by atoms with E-state index in [9.17, 15) is 9.59 Å². The fourth-order valence-corrected chi connectivity index (χ4v) is 3.68. The van der Waals surface area contributed by atoms with Crippen molar-refractivity contribution in [3.63, 3.8) is 0 Å². The molecule has 0 aliphatic heterocycles. The predicted octanol–water partition coefficient (Wildman–Crippen LogP) is 5.08. The SMILES string of the molecule is Cn1ncc(NC(=O)c2cccc(COc3ccc(Cl)cc3Cl)c2)c1C(=O)NCc1ccco1. The van der Waals surface area contributed by atoms with Crippen molar-refractivity contribution in [1.29, 1.82) is 0 Å². The Morgan fingerprint density at radius 1 is 1.09 bits per heavy atom. The topological polar surface area (TPSA) is 98.4 Å². The summed E-state index contributed by atoms with van der Waals surface area (Å²) in [6, 6.07) is 15.4. The van der Waals surface area contributed by atoms with E-state index in [1.807, 2.05) is 6.07 Å². The Morgan fingerprint density at radius 2 is 1.94 bits per heavy atom. The standard InChI is InChI=1S/C24H20Cl2N4O4/c1-30-22(24(32)27-12-18-6-3-9-33-18)20(13-28-30)29-23(31)16-5-2-4-15(10-16)14-34-21-8-7-17(25)11-19(21)26/h2-11,13H,12,14H2,1H3,(H,27,32)(H,29,31). The molecule has 2 heterocycles. The third kappa shape index (κ3) is 5.59. The van der Waals surface area contributed by atoms with E-state index in [-0.39, 0.29) is 24.8 Å². The van der Waals surface area contributed by atoms with Crippen molar-refractivity contribution in [3.05, 3.63) is 99.7 Å². The molecule has 8 nitrogen and oxygen atoms in total. The number of furan rings is 1. The second kappa shape index (κ2) is 10.5. The van der Waals surface area contributed by atoms with Crippen LogP contribution in [-0.4, -0.2) is 21.6 Å². The zero-order valence-corrected chi connectivity index (χ0v) is 19.6. The van der Waals surface area contributed by atoms with Crippen molar-refractivity contribution in [1.82, 2.24) is 15.1 Å². The number of rotatable bonds is 8. The van der Waals surface area contributed by atoms with Gasteiger partial charge in [-0.25, -0.2) is 0 Å². The highest BCUT2D eigenvalue weighted by Gasteiger charge is 2.19. The Bertz CT molecular complexity index is 1320. The van der Waals surface area contributed by atoms with Crippen LogP contribution in [0.3, 0.4) is 0 Å². The summed E-state index contributed by atoms with van der Waals surface area (Å²) in [6.45, 7) is 0.417. The molecule has 10 heteroatoms. The van der Waals surface area contributed by atoms with E-state index < -0.39 is 5.91 Å². The van der Waals surface area contributed by atoms with Gasteiger partial charge in [0.2, 0.25) is 0 Å². The van der Waals surface area contributed by atoms with Crippen molar-refractivity contribution < 1.29 is 18.7 Å². The summed E-state index contributed by atoms with van der Waals surface area (Å²) < 4.78 is 12.4. The number of hydrogen-bond donors (Lipinski definition) is 2. The Hall–Kier alpha value is -3.75. The predicted molar refractivity (Wildman–Crippen MR) is 128 cm³/mol. The molecular weight excluding hydrogens is 479 g/mol. The minimum absolute atomic E-state index is 0.204. The number of carbonyl (C=O) groups excluding carboxylic acids is 2. The van der Waals surface area contributed by atoms with Crippen LogP contribution < -0.4 is 15.4 Å². The summed E-state index contributed by atoms with van der Waals surface area (Å²) in [5.74, 6) is 0.315. The first-order valence-electron chi connectivity index (χ1n) is 10.2. The largest absolute Gasteiger partial charge is 0.487 e. The lowest BCUT2D eigenvalue weighted by molar-refractivity contribution is 0.0939. The summed E-state index contributed by atoms with van der Waals surface area (Å²) in [5.41, 5.74) is 1.67. The molecule has 0 spiro atoms. The Labute approximate surface area is 205 Å². The van der Waals surface area contributed by atoms with Gasteiger partial charge in [-0.05, 0) is 48.0 Å². The maximum Gasteiger partial charge on any atom is 0.272 e. The lowest BCUT2D eigenvalue weighted by Gasteiger charge is -2.10. The first-order chi connectivity index (χ1) is 16.4. The first-order valence-corrected chi connectivity index (χ1v) is 11.0. The van der Waals surface area contributed by atoms with Gasteiger partial charge >= 0.3 is 0 Å². The highest BCUT2D eigenvalue weighted by Crippen LogP contribution is 2.28. The Kier molecular flexibility index (Phi) is 7.20. The van der Waals surface area contributed by atoms with Gasteiger partial charge in [-0.1, -0.05) is 35.3 Å². The molecule has 2 aromatic carbocycles. The fraction of sp³-hybridized carbons (Fsp3) is 0.125. The van der Waals surface area contributed by atoms with Gasteiger partial charge in [0.15, 0.2) is 0 Å². The summed E-state index contributed by atoms with van der Waals surface area (Å²) in [7, 11) is 1.62. The van der Waals surface area contributed by atoms with Crippen LogP contribution in [-0.2, 0) is 20.2 Å². The van der Waals surface area contributed by atoms with E-state index in [4.69, 9.17) is 32.4 Å². The maximum absolute atomic E-state index is 12.9. The number of nitrogens with zero attached hydrogens (tertiary/aromatic N) is 2. The molecule has 0 saturated carbocycles. The number of halogens is 2. The number of aromatic nitrogens is 2. The van der Waals surface area contributed by atoms with Gasteiger partial charge in [0.05, 0.1) is 29.7 Å². The van der Waals surface area contributed by atoms with Crippen molar-refractivity contribution >= 4 is 40.7 Å². The van der Waals surface area contributed by atoms with Crippen LogP contribution in [0.4, 0.5) is 5.69 Å². The number of aryl methyl sites for hydroxylation is 1. The highest BCUT2D eigenvalue weighted by atomic mass is 35.5. The molecule has 174 valence electrons. The van der Waals surface area contributed by atoms with Gasteiger partial charge in [-0.3, -0.25) is 14.3 Å². The molecule has 0 atom stereocenters. The normalized spacial score (nSPS) is 10.7. The molecule has 0 unspecified atom stereocenters. The summed E-state index contributed by atoms with van der Waals surface area (Å²) in [5, 5.41) is 10.5. The van der Waals surface area contributed by atoms with Gasteiger partial charge in [0.1, 0.15) is 23.8 Å². The molecule has 0 radical (unpaired) electrons. The average molecular weight is 499 g/mol. The zero-order chi connectivity index (χ0) is 24.1. The Morgan fingerprint density at radius 3 is 2.71 bits per heavy atom. The van der Waals surface area contributed by atoms with Gasteiger partial charge in [0.25, 0.3) is 11.8 Å². The maximum atomic E-state index is 12.9. The molecule has 2 amide bonds.